The first-order valence-corrected chi connectivity index (χ1v) is 9.62. The van der Waals surface area contributed by atoms with Crippen LogP contribution < -0.4 is 0 Å². The normalized spacial score (nSPS) is 55.6. The number of hydrogen-bond donors (Lipinski definition) is 4. The molecule has 4 N–H and O–H groups in total. The molecule has 0 aromatic rings. The minimum atomic E-state index is -1.89. The van der Waals surface area contributed by atoms with Gasteiger partial charge in [0, 0.05) is 5.41 Å². The minimum Gasteiger partial charge on any atom is -0.458 e. The third kappa shape index (κ3) is 1.63. The Morgan fingerprint density at radius 3 is 2.59 bits per heavy atom. The van der Waals surface area contributed by atoms with Crippen LogP contribution in [0.2, 0.25) is 0 Å². The molecule has 5 rings (SSSR count). The second-order valence-electron chi connectivity index (χ2n) is 9.38. The van der Waals surface area contributed by atoms with Gasteiger partial charge in [0.15, 0.2) is 5.60 Å². The summed E-state index contributed by atoms with van der Waals surface area (Å²) in [7, 11) is 0. The summed E-state index contributed by atoms with van der Waals surface area (Å²) in [6, 6.07) is 0. The Kier molecular flexibility index (Phi) is 3.19. The lowest BCUT2D eigenvalue weighted by Crippen LogP contribution is -2.77. The molecule has 148 valence electrons. The van der Waals surface area contributed by atoms with Crippen LogP contribution in [0.5, 0.6) is 0 Å². The maximum Gasteiger partial charge on any atom is 0.337 e. The molecule has 0 aromatic heterocycles. The van der Waals surface area contributed by atoms with Gasteiger partial charge in [-0.2, -0.15) is 0 Å². The van der Waals surface area contributed by atoms with Gasteiger partial charge in [0.1, 0.15) is 23.9 Å². The van der Waals surface area contributed by atoms with E-state index in [1.54, 1.807) is 19.1 Å². The topological polar surface area (TPSA) is 116 Å². The first kappa shape index (κ1) is 17.8. The van der Waals surface area contributed by atoms with Crippen molar-refractivity contribution < 1.29 is 34.7 Å². The molecule has 0 radical (unpaired) electrons. The molecule has 27 heavy (non-hydrogen) atoms. The van der Waals surface area contributed by atoms with Crippen molar-refractivity contribution in [1.29, 1.82) is 0 Å². The van der Waals surface area contributed by atoms with Gasteiger partial charge < -0.3 is 29.9 Å². The van der Waals surface area contributed by atoms with Gasteiger partial charge in [-0.25, -0.2) is 4.79 Å². The van der Waals surface area contributed by atoms with Gasteiger partial charge in [0.25, 0.3) is 0 Å². The molecule has 2 fully saturated rings. The zero-order valence-corrected chi connectivity index (χ0v) is 15.7. The van der Waals surface area contributed by atoms with E-state index in [9.17, 15) is 25.2 Å². The van der Waals surface area contributed by atoms with Gasteiger partial charge in [0.2, 0.25) is 0 Å². The van der Waals surface area contributed by atoms with Crippen LogP contribution in [-0.2, 0) is 14.3 Å². The van der Waals surface area contributed by atoms with Gasteiger partial charge in [-0.15, -0.1) is 0 Å². The number of carbonyl (C=O) groups excluding carboxylic acids is 1. The molecule has 0 aromatic carbocycles. The third-order valence-corrected chi connectivity index (χ3v) is 8.16. The summed E-state index contributed by atoms with van der Waals surface area (Å²) < 4.78 is 11.4. The van der Waals surface area contributed by atoms with E-state index in [0.29, 0.717) is 12.0 Å². The van der Waals surface area contributed by atoms with Gasteiger partial charge in [-0.05, 0) is 30.3 Å². The van der Waals surface area contributed by atoms with Crippen LogP contribution in [-0.4, -0.2) is 68.1 Å². The van der Waals surface area contributed by atoms with Crippen LogP contribution in [0.3, 0.4) is 0 Å². The zero-order valence-electron chi connectivity index (χ0n) is 15.7. The van der Waals surface area contributed by atoms with Gasteiger partial charge in [-0.1, -0.05) is 32.9 Å². The Bertz CT molecular complexity index is 802. The van der Waals surface area contributed by atoms with Crippen molar-refractivity contribution in [3.05, 3.63) is 23.3 Å². The van der Waals surface area contributed by atoms with Crippen LogP contribution in [0.15, 0.2) is 23.3 Å². The van der Waals surface area contributed by atoms with Crippen molar-refractivity contribution in [1.82, 2.24) is 0 Å². The molecule has 0 amide bonds. The van der Waals surface area contributed by atoms with Crippen molar-refractivity contribution in [3.63, 3.8) is 0 Å². The average Bonchev–Trinajstić information content (AvgIpc) is 3.05. The summed E-state index contributed by atoms with van der Waals surface area (Å²) in [4.78, 5) is 12.1. The molecule has 0 unspecified atom stereocenters. The van der Waals surface area contributed by atoms with E-state index in [1.165, 1.54) is 0 Å². The van der Waals surface area contributed by atoms with E-state index in [1.807, 2.05) is 13.8 Å². The van der Waals surface area contributed by atoms with E-state index >= 15 is 0 Å². The zero-order chi connectivity index (χ0) is 19.6. The molecule has 2 bridgehead atoms. The molecule has 1 saturated heterocycles. The number of aliphatic hydroxyl groups is 4. The Hall–Kier alpha value is -1.25. The predicted molar refractivity (Wildman–Crippen MR) is 92.3 cm³/mol. The SMILES string of the molecule is CC(C)[C@@]12C=C[C@]3(O)[C@@](O)([C@@H](C[C@H]4C5=C(C(=O)OC5)[C@@H](O)C[C@@]43C)O1)[C@@H]2O. The highest BCUT2D eigenvalue weighted by Crippen LogP contribution is 2.67. The molecular weight excluding hydrogens is 352 g/mol. The van der Waals surface area contributed by atoms with Crippen molar-refractivity contribution in [2.75, 3.05) is 6.61 Å². The number of aliphatic hydroxyl groups excluding tert-OH is 2. The molecule has 1 saturated carbocycles. The maximum atomic E-state index is 12.1. The Morgan fingerprint density at radius 1 is 1.22 bits per heavy atom. The van der Waals surface area contributed by atoms with Gasteiger partial charge in [-0.3, -0.25) is 0 Å². The standard InChI is InChI=1S/C20H26O7/c1-9(2)18-4-5-19(24)17(3)7-12(21)14-10(8-26-15(14)22)11(17)6-13(27-18)20(19,25)16(18)23/h4-5,9,11-13,16,21,23-25H,6-8H2,1-3H3/t11-,12-,13+,16+,17-,18+,19+,20+/m0/s1. The van der Waals surface area contributed by atoms with Crippen molar-refractivity contribution in [2.45, 2.75) is 68.7 Å². The fourth-order valence-electron chi connectivity index (χ4n) is 6.55. The summed E-state index contributed by atoms with van der Waals surface area (Å²) in [6.07, 6.45) is 0.487. The lowest BCUT2D eigenvalue weighted by atomic mass is 9.44. The largest absolute Gasteiger partial charge is 0.458 e. The monoisotopic (exact) mass is 378 g/mol. The highest BCUT2D eigenvalue weighted by Gasteiger charge is 2.80. The van der Waals surface area contributed by atoms with Gasteiger partial charge in [0.05, 0.1) is 17.8 Å². The minimum absolute atomic E-state index is 0.0777. The lowest BCUT2D eigenvalue weighted by Gasteiger charge is -2.63. The average molecular weight is 378 g/mol. The molecule has 5 aliphatic rings. The van der Waals surface area contributed by atoms with E-state index in [0.717, 1.165) is 0 Å². The van der Waals surface area contributed by atoms with Crippen LogP contribution in [0.25, 0.3) is 0 Å². The third-order valence-electron chi connectivity index (χ3n) is 8.16. The van der Waals surface area contributed by atoms with Crippen LogP contribution >= 0.6 is 0 Å². The highest BCUT2D eigenvalue weighted by atomic mass is 16.6. The Morgan fingerprint density at radius 2 is 1.93 bits per heavy atom. The predicted octanol–water partition coefficient (Wildman–Crippen LogP) is -0.183. The van der Waals surface area contributed by atoms with Crippen molar-refractivity contribution >= 4 is 5.97 Å². The Labute approximate surface area is 157 Å². The molecule has 8 atom stereocenters. The number of rotatable bonds is 1. The summed E-state index contributed by atoms with van der Waals surface area (Å²) in [6.45, 7) is 5.69. The molecule has 2 aliphatic heterocycles. The van der Waals surface area contributed by atoms with Crippen LogP contribution in [0.1, 0.15) is 33.6 Å². The molecule has 0 spiro atoms. The lowest BCUT2D eigenvalue weighted by molar-refractivity contribution is -0.271. The molecule has 3 aliphatic carbocycles. The molecule has 2 heterocycles. The summed E-state index contributed by atoms with van der Waals surface area (Å²) in [5.41, 5.74) is -4.81. The smallest absolute Gasteiger partial charge is 0.337 e. The number of esters is 1. The Balaban J connectivity index is 1.73. The summed E-state index contributed by atoms with van der Waals surface area (Å²) in [5.74, 6) is -0.941. The number of fused-ring (bicyclic) bond motifs is 4. The van der Waals surface area contributed by atoms with Crippen LogP contribution in [0, 0.1) is 17.3 Å². The number of carbonyl (C=O) groups is 1. The number of ether oxygens (including phenoxy) is 2. The first-order valence-electron chi connectivity index (χ1n) is 9.62. The molecule has 7 heteroatoms. The quantitative estimate of drug-likeness (QED) is 0.369. The fraction of sp³-hybridized carbons (Fsp3) is 0.750. The molecule has 7 nitrogen and oxygen atoms in total. The highest BCUT2D eigenvalue weighted by molar-refractivity contribution is 5.93. The second kappa shape index (κ2) is 4.83. The number of cyclic esters (lactones) is 1. The summed E-state index contributed by atoms with van der Waals surface area (Å²) in [5, 5.41) is 45.3. The second-order valence-corrected chi connectivity index (χ2v) is 9.38. The van der Waals surface area contributed by atoms with Gasteiger partial charge >= 0.3 is 5.97 Å². The fourth-order valence-corrected chi connectivity index (χ4v) is 6.55. The number of hydrogen-bond acceptors (Lipinski definition) is 7. The van der Waals surface area contributed by atoms with Crippen LogP contribution in [0.4, 0.5) is 0 Å². The summed E-state index contributed by atoms with van der Waals surface area (Å²) >= 11 is 0. The van der Waals surface area contributed by atoms with Crippen molar-refractivity contribution in [2.24, 2.45) is 17.3 Å². The first-order chi connectivity index (χ1) is 12.5. The van der Waals surface area contributed by atoms with E-state index in [2.05, 4.69) is 0 Å². The molecular formula is C20H26O7. The van der Waals surface area contributed by atoms with Crippen molar-refractivity contribution in [3.8, 4) is 0 Å². The van der Waals surface area contributed by atoms with E-state index < -0.39 is 46.5 Å². The van der Waals surface area contributed by atoms with E-state index in [4.69, 9.17) is 9.47 Å². The maximum absolute atomic E-state index is 12.1. The van der Waals surface area contributed by atoms with E-state index in [-0.39, 0.29) is 30.4 Å².